The first-order valence-electron chi connectivity index (χ1n) is 9.50. The molecule has 0 aliphatic heterocycles. The van der Waals surface area contributed by atoms with Crippen LogP contribution in [0.15, 0.2) is 28.5 Å². The number of thiophene rings is 1. The van der Waals surface area contributed by atoms with Gasteiger partial charge in [-0.15, -0.1) is 11.3 Å². The molecule has 0 unspecified atom stereocenters. The Morgan fingerprint density at radius 1 is 1.19 bits per heavy atom. The molecule has 0 atom stereocenters. The van der Waals surface area contributed by atoms with E-state index in [-0.39, 0.29) is 23.1 Å². The first-order valence-corrected chi connectivity index (χ1v) is 11.9. The Labute approximate surface area is 188 Å². The minimum Gasteiger partial charge on any atom is -0.462 e. The maximum atomic E-state index is 13.9. The normalized spacial score (nSPS) is 11.3. The molecule has 12 heteroatoms. The Morgan fingerprint density at radius 2 is 1.88 bits per heavy atom. The number of amides is 1. The third kappa shape index (κ3) is 6.58. The molecule has 0 radical (unpaired) electrons. The van der Waals surface area contributed by atoms with Crippen molar-refractivity contribution in [2.75, 3.05) is 18.5 Å². The number of sulfonamides is 1. The molecule has 0 spiro atoms. The van der Waals surface area contributed by atoms with Crippen LogP contribution >= 0.6 is 11.3 Å². The Hall–Kier alpha value is -2.83. The van der Waals surface area contributed by atoms with E-state index in [0.717, 1.165) is 35.1 Å². The lowest BCUT2D eigenvalue weighted by molar-refractivity contribution is -0.119. The molecule has 0 saturated heterocycles. The minimum absolute atomic E-state index is 0.157. The number of carbonyl (C=O) groups excluding carboxylic acids is 3. The standard InChI is InChI=1S/C20H23FN2O7S2/c1-4-29-20(26)17-12(7-11(2)3)10-31-18(17)23-16(24)9-30-19(25)14-8-13(32(22,27)28)5-6-15(14)21/h5-6,8,10-11H,4,7,9H2,1-3H3,(H,23,24)(H2,22,27,28). The van der Waals surface area contributed by atoms with E-state index in [1.807, 2.05) is 13.8 Å². The van der Waals surface area contributed by atoms with Gasteiger partial charge in [0.2, 0.25) is 10.0 Å². The number of hydrogen-bond acceptors (Lipinski definition) is 8. The summed E-state index contributed by atoms with van der Waals surface area (Å²) in [4.78, 5) is 36.3. The zero-order valence-corrected chi connectivity index (χ0v) is 19.3. The van der Waals surface area contributed by atoms with Crippen molar-refractivity contribution >= 4 is 44.2 Å². The number of nitrogens with two attached hydrogens (primary N) is 1. The van der Waals surface area contributed by atoms with Gasteiger partial charge in [-0.2, -0.15) is 0 Å². The van der Waals surface area contributed by atoms with Crippen molar-refractivity contribution in [3.05, 3.63) is 46.1 Å². The highest BCUT2D eigenvalue weighted by molar-refractivity contribution is 7.89. The van der Waals surface area contributed by atoms with E-state index < -0.39 is 50.8 Å². The van der Waals surface area contributed by atoms with Gasteiger partial charge >= 0.3 is 11.9 Å². The molecule has 0 saturated carbocycles. The number of rotatable bonds is 9. The lowest BCUT2D eigenvalue weighted by Crippen LogP contribution is -2.22. The number of carbonyl (C=O) groups is 3. The molecule has 0 aliphatic rings. The van der Waals surface area contributed by atoms with Crippen LogP contribution < -0.4 is 10.5 Å². The van der Waals surface area contributed by atoms with E-state index in [1.165, 1.54) is 0 Å². The van der Waals surface area contributed by atoms with Gasteiger partial charge in [0, 0.05) is 0 Å². The smallest absolute Gasteiger partial charge is 0.341 e. The quantitative estimate of drug-likeness (QED) is 0.519. The summed E-state index contributed by atoms with van der Waals surface area (Å²) in [5.74, 6) is -3.39. The monoisotopic (exact) mass is 486 g/mol. The maximum Gasteiger partial charge on any atom is 0.341 e. The summed E-state index contributed by atoms with van der Waals surface area (Å²) in [6.07, 6.45) is 0.592. The highest BCUT2D eigenvalue weighted by Gasteiger charge is 2.23. The van der Waals surface area contributed by atoms with Crippen LogP contribution in [0.3, 0.4) is 0 Å². The van der Waals surface area contributed by atoms with E-state index in [9.17, 15) is 27.2 Å². The predicted molar refractivity (Wildman–Crippen MR) is 116 cm³/mol. The zero-order chi connectivity index (χ0) is 24.1. The molecule has 2 rings (SSSR count). The van der Waals surface area contributed by atoms with Crippen LogP contribution in [0.25, 0.3) is 0 Å². The van der Waals surface area contributed by atoms with Gasteiger partial charge in [-0.05, 0) is 48.4 Å². The molecule has 9 nitrogen and oxygen atoms in total. The number of hydrogen-bond donors (Lipinski definition) is 2. The summed E-state index contributed by atoms with van der Waals surface area (Å²) in [5.41, 5.74) is 0.265. The lowest BCUT2D eigenvalue weighted by Gasteiger charge is -2.10. The van der Waals surface area contributed by atoms with Crippen LogP contribution in [0, 0.1) is 11.7 Å². The van der Waals surface area contributed by atoms with Crippen molar-refractivity contribution in [2.45, 2.75) is 32.1 Å². The number of halogens is 1. The largest absolute Gasteiger partial charge is 0.462 e. The first kappa shape index (κ1) is 25.4. The van der Waals surface area contributed by atoms with E-state index in [4.69, 9.17) is 14.6 Å². The Bertz CT molecular complexity index is 1130. The molecule has 1 aromatic heterocycles. The van der Waals surface area contributed by atoms with E-state index >= 15 is 0 Å². The number of anilines is 1. The third-order valence-corrected chi connectivity index (χ3v) is 5.90. The highest BCUT2D eigenvalue weighted by Crippen LogP contribution is 2.31. The molecule has 3 N–H and O–H groups in total. The van der Waals surface area contributed by atoms with Crippen LogP contribution in [-0.2, 0) is 30.7 Å². The Kier molecular flexibility index (Phi) is 8.47. The summed E-state index contributed by atoms with van der Waals surface area (Å²) in [6, 6.07) is 2.38. The molecule has 1 heterocycles. The average molecular weight is 487 g/mol. The molecule has 0 fully saturated rings. The molecule has 1 aromatic carbocycles. The molecule has 174 valence electrons. The second kappa shape index (κ2) is 10.7. The number of primary sulfonamides is 1. The second-order valence-electron chi connectivity index (χ2n) is 7.09. The Balaban J connectivity index is 2.13. The fraction of sp³-hybridized carbons (Fsp3) is 0.350. The van der Waals surface area contributed by atoms with Gasteiger partial charge in [0.05, 0.1) is 22.6 Å². The van der Waals surface area contributed by atoms with Crippen LogP contribution in [0.4, 0.5) is 9.39 Å². The predicted octanol–water partition coefficient (Wildman–Crippen LogP) is 2.71. The van der Waals surface area contributed by atoms with Gasteiger partial charge in [0.1, 0.15) is 10.8 Å². The van der Waals surface area contributed by atoms with E-state index in [2.05, 4.69) is 5.32 Å². The van der Waals surface area contributed by atoms with E-state index in [1.54, 1.807) is 12.3 Å². The second-order valence-corrected chi connectivity index (χ2v) is 9.54. The molecular formula is C20H23FN2O7S2. The number of esters is 2. The van der Waals surface area contributed by atoms with Crippen LogP contribution in [0.2, 0.25) is 0 Å². The summed E-state index contributed by atoms with van der Waals surface area (Å²) in [7, 11) is -4.17. The fourth-order valence-electron chi connectivity index (χ4n) is 2.71. The van der Waals surface area contributed by atoms with E-state index in [0.29, 0.717) is 6.42 Å². The molecule has 1 amide bonds. The first-order chi connectivity index (χ1) is 14.9. The Morgan fingerprint density at radius 3 is 2.47 bits per heavy atom. The van der Waals surface area contributed by atoms with Crippen molar-refractivity contribution in [3.63, 3.8) is 0 Å². The third-order valence-electron chi connectivity index (χ3n) is 4.05. The molecule has 2 aromatic rings. The summed E-state index contributed by atoms with van der Waals surface area (Å²) in [6.45, 7) is 4.98. The molecule has 0 aliphatic carbocycles. The molecule has 32 heavy (non-hydrogen) atoms. The topological polar surface area (TPSA) is 142 Å². The number of benzene rings is 1. The summed E-state index contributed by atoms with van der Waals surface area (Å²) >= 11 is 1.12. The van der Waals surface area contributed by atoms with Crippen molar-refractivity contribution in [3.8, 4) is 0 Å². The fourth-order valence-corrected chi connectivity index (χ4v) is 4.23. The number of ether oxygens (including phenoxy) is 2. The van der Waals surface area contributed by atoms with Gasteiger partial charge in [0.25, 0.3) is 5.91 Å². The molecule has 0 bridgehead atoms. The van der Waals surface area contributed by atoms with Crippen LogP contribution in [0.1, 0.15) is 47.1 Å². The van der Waals surface area contributed by atoms with Crippen molar-refractivity contribution in [1.82, 2.24) is 0 Å². The van der Waals surface area contributed by atoms with Gasteiger partial charge in [-0.1, -0.05) is 13.8 Å². The SMILES string of the molecule is CCOC(=O)c1c(CC(C)C)csc1NC(=O)COC(=O)c1cc(S(N)(=O)=O)ccc1F. The van der Waals surface area contributed by atoms with Crippen LogP contribution in [-0.4, -0.2) is 39.5 Å². The van der Waals surface area contributed by atoms with Crippen LogP contribution in [0.5, 0.6) is 0 Å². The van der Waals surface area contributed by atoms with Gasteiger partial charge in [-0.3, -0.25) is 4.79 Å². The van der Waals surface area contributed by atoms with Gasteiger partial charge < -0.3 is 14.8 Å². The summed E-state index contributed by atoms with van der Waals surface area (Å²) < 4.78 is 46.6. The van der Waals surface area contributed by atoms with Crippen molar-refractivity contribution in [2.24, 2.45) is 11.1 Å². The van der Waals surface area contributed by atoms with Crippen molar-refractivity contribution < 1.29 is 36.7 Å². The van der Waals surface area contributed by atoms with Crippen molar-refractivity contribution in [1.29, 1.82) is 0 Å². The maximum absolute atomic E-state index is 13.9. The highest BCUT2D eigenvalue weighted by atomic mass is 32.2. The molecular weight excluding hydrogens is 463 g/mol. The van der Waals surface area contributed by atoms with Gasteiger partial charge in [0.15, 0.2) is 6.61 Å². The van der Waals surface area contributed by atoms with Gasteiger partial charge in [-0.25, -0.2) is 27.5 Å². The minimum atomic E-state index is -4.17. The summed E-state index contributed by atoms with van der Waals surface area (Å²) in [5, 5.41) is 9.44. The lowest BCUT2D eigenvalue weighted by atomic mass is 10.0. The average Bonchev–Trinajstić information content (AvgIpc) is 3.07. The zero-order valence-electron chi connectivity index (χ0n) is 17.6. The number of nitrogens with one attached hydrogen (secondary N) is 1.